The predicted molar refractivity (Wildman–Crippen MR) is 126 cm³/mol. The van der Waals surface area contributed by atoms with Gasteiger partial charge in [-0.2, -0.15) is 0 Å². The Hall–Kier alpha value is -2.94. The van der Waals surface area contributed by atoms with Crippen LogP contribution in [0.4, 0.5) is 10.5 Å². The predicted octanol–water partition coefficient (Wildman–Crippen LogP) is 3.64. The molecule has 1 fully saturated rings. The summed E-state index contributed by atoms with van der Waals surface area (Å²) in [5.41, 5.74) is 2.73. The van der Waals surface area contributed by atoms with E-state index < -0.39 is 6.10 Å². The molecule has 174 valence electrons. The third-order valence-electron chi connectivity index (χ3n) is 5.69. The van der Waals surface area contributed by atoms with Crippen molar-refractivity contribution in [2.45, 2.75) is 50.5 Å². The summed E-state index contributed by atoms with van der Waals surface area (Å²) in [6, 6.07) is 16.5. The first kappa shape index (κ1) is 23.2. The highest BCUT2D eigenvalue weighted by atomic mass is 35.5. The molecule has 0 spiro atoms. The number of benzene rings is 2. The fraction of sp³-hybridized carbons (Fsp3) is 0.375. The van der Waals surface area contributed by atoms with Gasteiger partial charge >= 0.3 is 6.03 Å². The van der Waals surface area contributed by atoms with Crippen molar-refractivity contribution >= 4 is 23.3 Å². The molecular formula is C24H28ClN5O3. The molecule has 1 aliphatic rings. The van der Waals surface area contributed by atoms with Crippen molar-refractivity contribution in [2.75, 3.05) is 11.9 Å². The van der Waals surface area contributed by atoms with Crippen LogP contribution in [0.25, 0.3) is 0 Å². The summed E-state index contributed by atoms with van der Waals surface area (Å²) in [6.07, 6.45) is 4.49. The molecule has 8 nitrogen and oxygen atoms in total. The van der Waals surface area contributed by atoms with Crippen LogP contribution >= 0.6 is 11.6 Å². The monoisotopic (exact) mass is 469 g/mol. The average molecular weight is 470 g/mol. The number of aryl methyl sites for hydroxylation is 1. The number of nitrogens with one attached hydrogen (secondary N) is 2. The number of halogens is 1. The van der Waals surface area contributed by atoms with Crippen molar-refractivity contribution in [1.29, 1.82) is 0 Å². The highest BCUT2D eigenvalue weighted by molar-refractivity contribution is 6.30. The Labute approximate surface area is 197 Å². The Balaban J connectivity index is 1.23. The van der Waals surface area contributed by atoms with E-state index >= 15 is 0 Å². The number of aliphatic hydroxyl groups is 1. The minimum atomic E-state index is -0.460. The standard InChI is InChI=1S/C24H28ClN5O3/c25-18-7-4-8-19(14-18)26-24(32)27-22-10-9-21(33-23(22)16-31)11-12-30-15-20(28-29-30)13-17-5-2-1-3-6-17/h1-8,14-15,21-23,31H,9-13,16H2,(H2,26,27,32)/t21-,22+,23+/m0/s1. The van der Waals surface area contributed by atoms with Crippen LogP contribution in [0.2, 0.25) is 5.02 Å². The van der Waals surface area contributed by atoms with E-state index in [1.165, 1.54) is 5.56 Å². The van der Waals surface area contributed by atoms with Crippen LogP contribution in [-0.2, 0) is 17.7 Å². The fourth-order valence-electron chi connectivity index (χ4n) is 4.02. The van der Waals surface area contributed by atoms with Gasteiger partial charge in [0.1, 0.15) is 6.10 Å². The Morgan fingerprint density at radius 1 is 1.18 bits per heavy atom. The summed E-state index contributed by atoms with van der Waals surface area (Å²) in [5, 5.41) is 24.5. The first-order chi connectivity index (χ1) is 16.1. The SMILES string of the molecule is O=C(Nc1cccc(Cl)c1)N[C@@H]1CC[C@@H](CCn2cc(Cc3ccccc3)nn2)O[C@@H]1CO. The van der Waals surface area contributed by atoms with E-state index in [0.29, 0.717) is 17.3 Å². The lowest BCUT2D eigenvalue weighted by atomic mass is 9.97. The fourth-order valence-corrected chi connectivity index (χ4v) is 4.21. The number of amides is 2. The summed E-state index contributed by atoms with van der Waals surface area (Å²) in [6.45, 7) is 0.515. The van der Waals surface area contributed by atoms with E-state index in [-0.39, 0.29) is 24.8 Å². The maximum absolute atomic E-state index is 12.4. The van der Waals surface area contributed by atoms with Gasteiger partial charge in [-0.15, -0.1) is 5.10 Å². The molecule has 9 heteroatoms. The molecule has 0 bridgehead atoms. The zero-order valence-corrected chi connectivity index (χ0v) is 19.0. The number of anilines is 1. The number of ether oxygens (including phenoxy) is 1. The zero-order chi connectivity index (χ0) is 23.0. The molecule has 1 aromatic heterocycles. The van der Waals surface area contributed by atoms with Gasteiger partial charge in [0, 0.05) is 29.9 Å². The van der Waals surface area contributed by atoms with Crippen LogP contribution in [0.3, 0.4) is 0 Å². The molecule has 3 N–H and O–H groups in total. The average Bonchev–Trinajstić information content (AvgIpc) is 3.26. The Morgan fingerprint density at radius 3 is 2.82 bits per heavy atom. The topological polar surface area (TPSA) is 101 Å². The summed E-state index contributed by atoms with van der Waals surface area (Å²) in [4.78, 5) is 12.4. The molecule has 0 unspecified atom stereocenters. The molecule has 3 aromatic rings. The van der Waals surface area contributed by atoms with Crippen LogP contribution < -0.4 is 10.6 Å². The second kappa shape index (κ2) is 11.3. The van der Waals surface area contributed by atoms with Crippen LogP contribution in [0.1, 0.15) is 30.5 Å². The molecule has 2 heterocycles. The van der Waals surface area contributed by atoms with Gasteiger partial charge in [-0.05, 0) is 43.0 Å². The molecule has 2 amide bonds. The van der Waals surface area contributed by atoms with Gasteiger partial charge in [0.05, 0.1) is 24.4 Å². The van der Waals surface area contributed by atoms with Crippen molar-refractivity contribution in [1.82, 2.24) is 20.3 Å². The molecule has 0 saturated carbocycles. The number of carbonyl (C=O) groups is 1. The van der Waals surface area contributed by atoms with Crippen LogP contribution in [0.5, 0.6) is 0 Å². The van der Waals surface area contributed by atoms with Gasteiger partial charge in [0.25, 0.3) is 0 Å². The maximum atomic E-state index is 12.4. The Morgan fingerprint density at radius 2 is 2.03 bits per heavy atom. The second-order valence-electron chi connectivity index (χ2n) is 8.20. The molecule has 1 aliphatic heterocycles. The molecule has 2 aromatic carbocycles. The van der Waals surface area contributed by atoms with E-state index in [9.17, 15) is 9.90 Å². The number of rotatable bonds is 8. The minimum Gasteiger partial charge on any atom is -0.394 e. The normalized spacial score (nSPS) is 20.4. The van der Waals surface area contributed by atoms with Crippen molar-refractivity contribution in [3.8, 4) is 0 Å². The molecular weight excluding hydrogens is 442 g/mol. The number of aliphatic hydroxyl groups excluding tert-OH is 1. The van der Waals surface area contributed by atoms with Crippen molar-refractivity contribution in [3.05, 3.63) is 77.1 Å². The number of aromatic nitrogens is 3. The summed E-state index contributed by atoms with van der Waals surface area (Å²) < 4.78 is 7.90. The number of nitrogens with zero attached hydrogens (tertiary/aromatic N) is 3. The van der Waals surface area contributed by atoms with Crippen LogP contribution in [-0.4, -0.2) is 51.0 Å². The van der Waals surface area contributed by atoms with Gasteiger partial charge in [-0.3, -0.25) is 4.68 Å². The van der Waals surface area contributed by atoms with Gasteiger partial charge in [0.2, 0.25) is 0 Å². The van der Waals surface area contributed by atoms with Crippen molar-refractivity contribution in [3.63, 3.8) is 0 Å². The lowest BCUT2D eigenvalue weighted by molar-refractivity contribution is -0.0905. The number of hydrogen-bond acceptors (Lipinski definition) is 5. The highest BCUT2D eigenvalue weighted by Gasteiger charge is 2.31. The number of carbonyl (C=O) groups excluding carboxylic acids is 1. The number of hydrogen-bond donors (Lipinski definition) is 3. The molecule has 1 saturated heterocycles. The van der Waals surface area contributed by atoms with Crippen molar-refractivity contribution in [2.24, 2.45) is 0 Å². The zero-order valence-electron chi connectivity index (χ0n) is 18.2. The second-order valence-corrected chi connectivity index (χ2v) is 8.63. The first-order valence-corrected chi connectivity index (χ1v) is 11.5. The lowest BCUT2D eigenvalue weighted by Crippen LogP contribution is -2.52. The Kier molecular flexibility index (Phi) is 7.93. The largest absolute Gasteiger partial charge is 0.394 e. The smallest absolute Gasteiger partial charge is 0.319 e. The van der Waals surface area contributed by atoms with E-state index in [1.54, 1.807) is 24.3 Å². The quantitative estimate of drug-likeness (QED) is 0.467. The van der Waals surface area contributed by atoms with Gasteiger partial charge < -0.3 is 20.5 Å². The Bertz CT molecular complexity index is 1050. The van der Waals surface area contributed by atoms with Gasteiger partial charge in [-0.25, -0.2) is 4.79 Å². The minimum absolute atomic E-state index is 0.0158. The molecule has 0 aliphatic carbocycles. The van der Waals surface area contributed by atoms with Crippen molar-refractivity contribution < 1.29 is 14.6 Å². The highest BCUT2D eigenvalue weighted by Crippen LogP contribution is 2.23. The first-order valence-electron chi connectivity index (χ1n) is 11.1. The van der Waals surface area contributed by atoms with Crippen LogP contribution in [0, 0.1) is 0 Å². The number of urea groups is 1. The molecule has 0 radical (unpaired) electrons. The third kappa shape index (κ3) is 6.77. The summed E-state index contributed by atoms with van der Waals surface area (Å²) >= 11 is 5.96. The van der Waals surface area contributed by atoms with Gasteiger partial charge in [-0.1, -0.05) is 53.2 Å². The molecule has 33 heavy (non-hydrogen) atoms. The van der Waals surface area contributed by atoms with Crippen LogP contribution in [0.15, 0.2) is 60.8 Å². The molecule has 4 rings (SSSR count). The van der Waals surface area contributed by atoms with E-state index in [0.717, 1.165) is 31.4 Å². The summed E-state index contributed by atoms with van der Waals surface area (Å²) in [5.74, 6) is 0. The summed E-state index contributed by atoms with van der Waals surface area (Å²) in [7, 11) is 0. The lowest BCUT2D eigenvalue weighted by Gasteiger charge is -2.36. The van der Waals surface area contributed by atoms with E-state index in [2.05, 4.69) is 33.1 Å². The third-order valence-corrected chi connectivity index (χ3v) is 5.92. The van der Waals surface area contributed by atoms with E-state index in [1.807, 2.05) is 29.1 Å². The molecule has 3 atom stereocenters. The van der Waals surface area contributed by atoms with Gasteiger partial charge in [0.15, 0.2) is 0 Å². The maximum Gasteiger partial charge on any atom is 0.319 e. The van der Waals surface area contributed by atoms with E-state index in [4.69, 9.17) is 16.3 Å².